The predicted octanol–water partition coefficient (Wildman–Crippen LogP) is -7.15. The largest absolute Gasteiger partial charge is 3.00 e. The predicted molar refractivity (Wildman–Crippen MR) is 532 cm³/mol. The van der Waals surface area contributed by atoms with Crippen molar-refractivity contribution >= 4 is 160 Å². The average Bonchev–Trinajstić information content (AvgIpc) is 0.927. The van der Waals surface area contributed by atoms with Crippen LogP contribution in [0.25, 0.3) is 21.5 Å². The molecule has 0 unspecified atom stereocenters. The fourth-order valence-corrected chi connectivity index (χ4v) is 17.3. The Balaban J connectivity index is 0.0000260. The molecule has 8 atom stereocenters. The molecule has 6 aromatic rings. The third-order valence-corrected chi connectivity index (χ3v) is 25.0. The van der Waals surface area contributed by atoms with Crippen molar-refractivity contribution in [2.24, 2.45) is 11.5 Å². The molecule has 3 aliphatic rings. The third-order valence-electron chi connectivity index (χ3n) is 25.0. The van der Waals surface area contributed by atoms with Crippen LogP contribution in [-0.4, -0.2) is 371 Å². The van der Waals surface area contributed by atoms with E-state index in [1.807, 2.05) is 72.8 Å². The summed E-state index contributed by atoms with van der Waals surface area (Å²) < 4.78 is 0. The first-order valence-corrected chi connectivity index (χ1v) is 48.5. The van der Waals surface area contributed by atoms with Crippen molar-refractivity contribution < 1.29 is 107 Å². The first-order chi connectivity index (χ1) is 69.4. The van der Waals surface area contributed by atoms with Crippen LogP contribution in [0.2, 0.25) is 0 Å². The molecular formula is C99H133InN24O22. The van der Waals surface area contributed by atoms with E-state index in [0.717, 1.165) is 31.3 Å². The summed E-state index contributed by atoms with van der Waals surface area (Å²) in [5.74, 6) is -15.9. The topological polar surface area (TPSA) is 687 Å². The van der Waals surface area contributed by atoms with Gasteiger partial charge in [-0.3, -0.25) is 97.5 Å². The molecule has 9 rings (SSSR count). The maximum absolute atomic E-state index is 15.2. The van der Waals surface area contributed by atoms with Crippen molar-refractivity contribution in [1.82, 2.24) is 104 Å². The Hall–Kier alpha value is -14.3. The molecule has 6 aromatic carbocycles. The first-order valence-electron chi connectivity index (χ1n) is 48.5. The Kier molecular flexibility index (Phi) is 48.4. The third kappa shape index (κ3) is 41.1. The normalized spacial score (nSPS) is 19.7. The van der Waals surface area contributed by atoms with Crippen molar-refractivity contribution in [3.05, 3.63) is 156 Å². The van der Waals surface area contributed by atoms with E-state index >= 15 is 19.2 Å². The van der Waals surface area contributed by atoms with Gasteiger partial charge in [-0.05, 0) is 132 Å². The number of hydrogen-bond donors (Lipinski definition) is 20. The SMILES string of the molecule is CN1C(=O)[C@@H](Cc2ccc(O)cc2)NC(=O)CNC(=O)[C@H](Cc2ccc3ccccc3c2)NC(=O)[C@H](CCCNC(=N)N)NC(=O)[C@H]1CCCNC(=O)CC(CC(=O)NCCC[C@@H]1C(=O)N[C@@H](CCCNC(=N)N)C(=O)N[C@@H](Cc2ccc3ccccc3c2)C(=O)NCC(=O)N[C@H](Cc2ccc(O)cc2)C(=O)N1C)NC(=O)CCCCCNC(=O)CN1CCN(CC(=O)[O-])CCN(CC(=O)[O-])CCN(CC(=O)[O-])CC1.[In+3]. The number of phenolic OH excluding ortho intramolecular Hbond substituents is 2. The van der Waals surface area contributed by atoms with Gasteiger partial charge in [0.1, 0.15) is 59.8 Å². The van der Waals surface area contributed by atoms with Crippen LogP contribution in [-0.2, 0) is 107 Å². The van der Waals surface area contributed by atoms with Gasteiger partial charge in [0.25, 0.3) is 0 Å². The second kappa shape index (κ2) is 60.4. The summed E-state index contributed by atoms with van der Waals surface area (Å²) in [4.78, 5) is 247. The maximum Gasteiger partial charge on any atom is 3.00 e. The van der Waals surface area contributed by atoms with Gasteiger partial charge in [-0.1, -0.05) is 116 Å². The van der Waals surface area contributed by atoms with Crippen LogP contribution in [0, 0.1) is 10.8 Å². The Morgan fingerprint density at radius 2 is 0.699 bits per heavy atom. The second-order valence-corrected chi connectivity index (χ2v) is 36.4. The van der Waals surface area contributed by atoms with Crippen molar-refractivity contribution in [3.63, 3.8) is 0 Å². The van der Waals surface area contributed by atoms with Gasteiger partial charge in [-0.2, -0.15) is 0 Å². The van der Waals surface area contributed by atoms with Crippen molar-refractivity contribution in [2.45, 2.75) is 170 Å². The summed E-state index contributed by atoms with van der Waals surface area (Å²) in [7, 11) is 2.61. The summed E-state index contributed by atoms with van der Waals surface area (Å²) in [6.07, 6.45) is -1.56. The summed E-state index contributed by atoms with van der Waals surface area (Å²) in [6, 6.07) is 24.8. The van der Waals surface area contributed by atoms with E-state index in [1.165, 1.54) is 77.3 Å². The summed E-state index contributed by atoms with van der Waals surface area (Å²) in [5, 5.41) is 113. The quantitative estimate of drug-likeness (QED) is 0.00961. The number of aromatic hydroxyl groups is 2. The number of rotatable bonds is 43. The maximum atomic E-state index is 15.2. The molecule has 0 bridgehead atoms. The number of nitrogens with two attached hydrogens (primary N) is 2. The second-order valence-electron chi connectivity index (χ2n) is 36.4. The van der Waals surface area contributed by atoms with Crippen molar-refractivity contribution in [1.29, 1.82) is 10.8 Å². The average molecular weight is 2130 g/mol. The van der Waals surface area contributed by atoms with Crippen molar-refractivity contribution in [2.75, 3.05) is 138 Å². The number of carbonyl (C=O) groups is 17. The van der Waals surface area contributed by atoms with E-state index in [2.05, 4.69) is 74.4 Å². The van der Waals surface area contributed by atoms with Gasteiger partial charge < -0.3 is 136 Å². The fraction of sp³-hybridized carbons (Fsp3) is 0.485. The number of unbranched alkanes of at least 4 members (excludes halogenated alkanes) is 2. The Morgan fingerprint density at radius 3 is 1.08 bits per heavy atom. The molecule has 3 heterocycles. The van der Waals surface area contributed by atoms with Gasteiger partial charge in [-0.25, -0.2) is 0 Å². The van der Waals surface area contributed by atoms with Crippen LogP contribution in [0.4, 0.5) is 0 Å². The zero-order valence-corrected chi connectivity index (χ0v) is 85.3. The number of aliphatic carboxylic acids is 3. The molecule has 3 aliphatic heterocycles. The van der Waals surface area contributed by atoms with Gasteiger partial charge in [0.05, 0.1) is 37.5 Å². The zero-order chi connectivity index (χ0) is 105. The van der Waals surface area contributed by atoms with Crippen LogP contribution in [0.1, 0.15) is 112 Å². The minimum absolute atomic E-state index is 0. The fourth-order valence-electron chi connectivity index (χ4n) is 17.3. The molecule has 0 radical (unpaired) electrons. The van der Waals surface area contributed by atoms with Gasteiger partial charge in [0.2, 0.25) is 82.7 Å². The molecular weight excluding hydrogens is 1990 g/mol. The number of carboxylic acids is 3. The molecule has 46 nitrogen and oxygen atoms in total. The number of benzene rings is 6. The van der Waals surface area contributed by atoms with Crippen LogP contribution in [0.15, 0.2) is 133 Å². The summed E-state index contributed by atoms with van der Waals surface area (Å²) in [5.41, 5.74) is 13.4. The number of amides is 14. The standard InChI is InChI=1S/C99H136N24O22.In/c1-118-79(94(142)114-73(18-10-38-107-98(100)101)92(140)116-75(52-64-23-29-66-14-5-7-16-68(66)48-64)90(138)109-56-84(129)112-77(96(118)144)50-62-25-31-71(124)32-26-62)20-12-36-104-82(127)54-70(111-81(126)22-4-3-9-35-106-86(131)58-120-40-42-121(59-87(132)133)44-46-123(61-89(136)137)47-45-122(43-41-120)60-88(134)135)55-83(128)105-37-13-21-80-95(143)115-74(19-11-39-108-99(102)103)93(141)117-76(53-65-24-30-67-15-6-8-17-69(67)49-65)91(139)110-57-85(130)113-78(97(145)119(80)2)51-63-27-33-72(125)34-28-63;/h5-8,14-17,23-34,48-49,70,73-80,124-125H,3-4,9-13,18-22,35-47,50-61H2,1-2H3,(H,104,127)(H,105,128)(H,106,131)(H,109,138)(H,110,139)(H,111,126)(H,112,129)(H,113,130)(H,114,142)(H,115,143)(H,116,140)(H,117,141)(H,132,133)(H,134,135)(H,136,137)(H4,100,101,107)(H4,102,103,108);/q;+3/p-3/t73-,74-,75-,76-,77+,78+,79+,80+;/m0./s1. The van der Waals surface area contributed by atoms with Crippen LogP contribution in [0.3, 0.4) is 0 Å². The van der Waals surface area contributed by atoms with Gasteiger partial charge in [0, 0.05) is 170 Å². The molecule has 784 valence electrons. The monoisotopic (exact) mass is 2120 g/mol. The molecule has 0 aromatic heterocycles. The number of likely N-dealkylation sites (N-methyl/N-ethyl adjacent to an activating group) is 2. The molecule has 22 N–H and O–H groups in total. The van der Waals surface area contributed by atoms with E-state index < -0.39 is 201 Å². The summed E-state index contributed by atoms with van der Waals surface area (Å²) in [6.45, 7) is -2.38. The summed E-state index contributed by atoms with van der Waals surface area (Å²) >= 11 is 0. The molecule has 14 amide bonds. The number of hydrogen-bond acceptors (Lipinski definition) is 28. The van der Waals surface area contributed by atoms with Crippen LogP contribution < -0.4 is 101 Å². The smallest absolute Gasteiger partial charge is 0.549 e. The van der Waals surface area contributed by atoms with E-state index in [-0.39, 0.29) is 231 Å². The van der Waals surface area contributed by atoms with Gasteiger partial charge >= 0.3 is 25.8 Å². The first kappa shape index (κ1) is 117. The van der Waals surface area contributed by atoms with Crippen molar-refractivity contribution in [3.8, 4) is 11.5 Å². The number of nitrogens with one attached hydrogen (secondary N) is 16. The number of phenols is 2. The van der Waals surface area contributed by atoms with Gasteiger partial charge in [0.15, 0.2) is 11.9 Å². The Bertz CT molecular complexity index is 5210. The van der Waals surface area contributed by atoms with Crippen LogP contribution >= 0.6 is 0 Å². The zero-order valence-electron chi connectivity index (χ0n) is 82.0. The molecule has 0 saturated carbocycles. The van der Waals surface area contributed by atoms with E-state index in [4.69, 9.17) is 22.3 Å². The van der Waals surface area contributed by atoms with E-state index in [9.17, 15) is 87.9 Å². The number of carbonyl (C=O) groups excluding carboxylic acids is 17. The molecule has 146 heavy (non-hydrogen) atoms. The molecule has 47 heteroatoms. The van der Waals surface area contributed by atoms with Crippen LogP contribution in [0.5, 0.6) is 11.5 Å². The van der Waals surface area contributed by atoms with E-state index in [1.54, 1.807) is 17.0 Å². The number of carboxylic acid groups (broad SMARTS) is 3. The number of guanidine groups is 2. The molecule has 3 saturated heterocycles. The number of fused-ring (bicyclic) bond motifs is 2. The molecule has 0 aliphatic carbocycles. The Morgan fingerprint density at radius 1 is 0.370 bits per heavy atom. The molecule has 0 spiro atoms. The van der Waals surface area contributed by atoms with Gasteiger partial charge in [-0.15, -0.1) is 0 Å². The molecule has 3 fully saturated rings. The minimum atomic E-state index is -1.48. The minimum Gasteiger partial charge on any atom is -0.549 e. The number of nitrogens with zero attached hydrogens (tertiary/aromatic N) is 6. The Labute approximate surface area is 863 Å². The van der Waals surface area contributed by atoms with E-state index in [0.29, 0.717) is 35.1 Å².